The Morgan fingerprint density at radius 1 is 1.35 bits per heavy atom. The molecule has 0 fully saturated rings. The zero-order chi connectivity index (χ0) is 16.0. The average Bonchev–Trinajstić information content (AvgIpc) is 3.05. The van der Waals surface area contributed by atoms with Crippen molar-refractivity contribution in [1.29, 1.82) is 0 Å². The lowest BCUT2D eigenvalue weighted by molar-refractivity contribution is 0.293. The van der Waals surface area contributed by atoms with Gasteiger partial charge in [0.25, 0.3) is 0 Å². The number of fused-ring (bicyclic) bond motifs is 3. The van der Waals surface area contributed by atoms with E-state index in [1.54, 1.807) is 17.7 Å². The first-order valence-electron chi connectivity index (χ1n) is 7.93. The zero-order valence-corrected chi connectivity index (χ0v) is 14.4. The summed E-state index contributed by atoms with van der Waals surface area (Å²) in [7, 11) is 0. The maximum atomic E-state index is 6.03. The van der Waals surface area contributed by atoms with Crippen LogP contribution in [0.5, 0.6) is 5.88 Å². The Kier molecular flexibility index (Phi) is 3.56. The third kappa shape index (κ3) is 2.51. The maximum absolute atomic E-state index is 6.03. The molecule has 5 nitrogen and oxygen atoms in total. The largest absolute Gasteiger partial charge is 0.472 e. The van der Waals surface area contributed by atoms with Crippen LogP contribution in [0.4, 0.5) is 0 Å². The predicted octanol–water partition coefficient (Wildman–Crippen LogP) is 4.00. The summed E-state index contributed by atoms with van der Waals surface area (Å²) in [5.41, 5.74) is 3.25. The topological polar surface area (TPSA) is 61.0 Å². The van der Waals surface area contributed by atoms with Gasteiger partial charge in [-0.1, -0.05) is 12.1 Å². The van der Waals surface area contributed by atoms with Crippen LogP contribution in [-0.4, -0.2) is 15.1 Å². The molecule has 0 bridgehead atoms. The van der Waals surface area contributed by atoms with Gasteiger partial charge >= 0.3 is 0 Å². The van der Waals surface area contributed by atoms with E-state index in [-0.39, 0.29) is 0 Å². The summed E-state index contributed by atoms with van der Waals surface area (Å²) in [6.07, 6.45) is 5.04. The third-order valence-electron chi connectivity index (χ3n) is 4.59. The second kappa shape index (κ2) is 5.60. The average molecular weight is 329 g/mol. The first-order valence-corrected chi connectivity index (χ1v) is 8.75. The molecular weight excluding hydrogens is 310 g/mol. The highest BCUT2D eigenvalue weighted by Crippen LogP contribution is 2.40. The highest BCUT2D eigenvalue weighted by Gasteiger charge is 2.24. The van der Waals surface area contributed by atoms with E-state index < -0.39 is 0 Å². The van der Waals surface area contributed by atoms with Gasteiger partial charge in [-0.2, -0.15) is 0 Å². The first kappa shape index (κ1) is 14.6. The lowest BCUT2D eigenvalue weighted by Crippen LogP contribution is -2.09. The molecule has 1 aliphatic rings. The van der Waals surface area contributed by atoms with Gasteiger partial charge in [0.1, 0.15) is 23.5 Å². The van der Waals surface area contributed by atoms with Crippen molar-refractivity contribution in [3.63, 3.8) is 0 Å². The Morgan fingerprint density at radius 2 is 2.22 bits per heavy atom. The number of aryl methyl sites for hydroxylation is 3. The quantitative estimate of drug-likeness (QED) is 0.727. The predicted molar refractivity (Wildman–Crippen MR) is 88.9 cm³/mol. The molecule has 0 spiro atoms. The minimum Gasteiger partial charge on any atom is -0.472 e. The molecule has 3 aromatic rings. The van der Waals surface area contributed by atoms with Crippen molar-refractivity contribution in [3.8, 4) is 5.88 Å². The smallest absolute Gasteiger partial charge is 0.225 e. The van der Waals surface area contributed by atoms with Crippen LogP contribution in [0.3, 0.4) is 0 Å². The molecule has 0 saturated carbocycles. The van der Waals surface area contributed by atoms with E-state index in [9.17, 15) is 0 Å². The van der Waals surface area contributed by atoms with Gasteiger partial charge in [0, 0.05) is 4.88 Å². The van der Waals surface area contributed by atoms with Gasteiger partial charge in [0.05, 0.1) is 16.6 Å². The molecule has 0 amide bonds. The van der Waals surface area contributed by atoms with Crippen molar-refractivity contribution in [2.24, 2.45) is 5.92 Å². The lowest BCUT2D eigenvalue weighted by atomic mass is 9.89. The van der Waals surface area contributed by atoms with Gasteiger partial charge in [0.15, 0.2) is 0 Å². The summed E-state index contributed by atoms with van der Waals surface area (Å²) in [6, 6.07) is 0. The van der Waals surface area contributed by atoms with Gasteiger partial charge in [-0.25, -0.2) is 9.97 Å². The second-order valence-electron chi connectivity index (χ2n) is 6.30. The fraction of sp³-hybridized carbons (Fsp3) is 0.471. The van der Waals surface area contributed by atoms with Crippen LogP contribution in [0.2, 0.25) is 0 Å². The molecular formula is C17H19N3O2S. The van der Waals surface area contributed by atoms with Crippen LogP contribution in [-0.2, 0) is 19.4 Å². The summed E-state index contributed by atoms with van der Waals surface area (Å²) in [6.45, 7) is 6.57. The van der Waals surface area contributed by atoms with Crippen molar-refractivity contribution < 1.29 is 9.26 Å². The standard InChI is InChI=1S/C17H19N3O2S/c1-9-4-5-12-14(6-9)23-17-15(12)16(18-8-19-17)21-7-13-10(2)20-22-11(13)3/h8-9H,4-7H2,1-3H3. The Hall–Kier alpha value is -1.95. The molecule has 6 heteroatoms. The van der Waals surface area contributed by atoms with Crippen molar-refractivity contribution in [2.75, 3.05) is 0 Å². The number of thiophene rings is 1. The van der Waals surface area contributed by atoms with Gasteiger partial charge in [-0.05, 0) is 44.6 Å². The number of hydrogen-bond donors (Lipinski definition) is 0. The van der Waals surface area contributed by atoms with E-state index in [0.29, 0.717) is 12.5 Å². The van der Waals surface area contributed by atoms with E-state index in [1.807, 2.05) is 13.8 Å². The number of hydrogen-bond acceptors (Lipinski definition) is 6. The Labute approximate surface area is 138 Å². The van der Waals surface area contributed by atoms with Gasteiger partial charge in [-0.3, -0.25) is 0 Å². The highest BCUT2D eigenvalue weighted by molar-refractivity contribution is 7.18. The molecule has 0 radical (unpaired) electrons. The van der Waals surface area contributed by atoms with Crippen molar-refractivity contribution >= 4 is 21.6 Å². The summed E-state index contributed by atoms with van der Waals surface area (Å²) >= 11 is 1.79. The number of nitrogens with zero attached hydrogens (tertiary/aromatic N) is 3. The van der Waals surface area contributed by atoms with Gasteiger partial charge in [-0.15, -0.1) is 11.3 Å². The molecule has 1 aliphatic carbocycles. The Bertz CT molecular complexity index is 849. The monoisotopic (exact) mass is 329 g/mol. The zero-order valence-electron chi connectivity index (χ0n) is 13.5. The molecule has 3 heterocycles. The third-order valence-corrected chi connectivity index (χ3v) is 5.75. The summed E-state index contributed by atoms with van der Waals surface area (Å²) in [5.74, 6) is 2.23. The van der Waals surface area contributed by atoms with Crippen molar-refractivity contribution in [1.82, 2.24) is 15.1 Å². The van der Waals surface area contributed by atoms with Crippen molar-refractivity contribution in [3.05, 3.63) is 33.8 Å². The summed E-state index contributed by atoms with van der Waals surface area (Å²) in [4.78, 5) is 11.3. The van der Waals surface area contributed by atoms with Crippen LogP contribution < -0.4 is 4.74 Å². The normalized spacial score (nSPS) is 17.4. The minimum atomic E-state index is 0.425. The Morgan fingerprint density at radius 3 is 3.00 bits per heavy atom. The summed E-state index contributed by atoms with van der Waals surface area (Å²) in [5, 5.41) is 5.08. The SMILES string of the molecule is Cc1noc(C)c1COc1ncnc2sc3c(c12)CCC(C)C3. The fourth-order valence-electron chi connectivity index (χ4n) is 3.20. The number of ether oxygens (including phenoxy) is 1. The first-order chi connectivity index (χ1) is 11.1. The fourth-order valence-corrected chi connectivity index (χ4v) is 4.55. The van der Waals surface area contributed by atoms with Gasteiger partial charge < -0.3 is 9.26 Å². The van der Waals surface area contributed by atoms with Crippen LogP contribution in [0.25, 0.3) is 10.2 Å². The molecule has 0 saturated heterocycles. The van der Waals surface area contributed by atoms with E-state index in [2.05, 4.69) is 22.0 Å². The van der Waals surface area contributed by atoms with Crippen LogP contribution in [0.1, 0.15) is 40.8 Å². The van der Waals surface area contributed by atoms with E-state index in [0.717, 1.165) is 46.0 Å². The van der Waals surface area contributed by atoms with E-state index in [1.165, 1.54) is 16.9 Å². The molecule has 23 heavy (non-hydrogen) atoms. The maximum Gasteiger partial charge on any atom is 0.225 e. The molecule has 0 N–H and O–H groups in total. The molecule has 0 aromatic carbocycles. The highest BCUT2D eigenvalue weighted by atomic mass is 32.1. The Balaban J connectivity index is 1.70. The lowest BCUT2D eigenvalue weighted by Gasteiger charge is -2.18. The van der Waals surface area contributed by atoms with Crippen LogP contribution >= 0.6 is 11.3 Å². The molecule has 1 atom stereocenters. The molecule has 1 unspecified atom stereocenters. The number of rotatable bonds is 3. The van der Waals surface area contributed by atoms with E-state index in [4.69, 9.17) is 9.26 Å². The molecule has 0 aliphatic heterocycles. The van der Waals surface area contributed by atoms with Gasteiger partial charge in [0.2, 0.25) is 5.88 Å². The minimum absolute atomic E-state index is 0.425. The van der Waals surface area contributed by atoms with E-state index >= 15 is 0 Å². The molecule has 120 valence electrons. The van der Waals surface area contributed by atoms with Crippen LogP contribution in [0.15, 0.2) is 10.9 Å². The van der Waals surface area contributed by atoms with Crippen molar-refractivity contribution in [2.45, 2.75) is 46.6 Å². The molecule has 4 rings (SSSR count). The number of aromatic nitrogens is 3. The van der Waals surface area contributed by atoms with Crippen LogP contribution in [0, 0.1) is 19.8 Å². The summed E-state index contributed by atoms with van der Waals surface area (Å²) < 4.78 is 11.2. The second-order valence-corrected chi connectivity index (χ2v) is 7.39. The molecule has 3 aromatic heterocycles.